The first kappa shape index (κ1) is 21.6. The molecule has 2 aromatic carbocycles. The van der Waals surface area contributed by atoms with E-state index < -0.39 is 47.7 Å². The number of aliphatic carboxylic acids is 1. The monoisotopic (exact) mass is 431 g/mol. The summed E-state index contributed by atoms with van der Waals surface area (Å²) < 4.78 is 67.6. The summed E-state index contributed by atoms with van der Waals surface area (Å²) in [5.74, 6) is -2.60. The molecule has 0 heterocycles. The molecule has 1 amide bonds. The Hall–Kier alpha value is -2.74. The summed E-state index contributed by atoms with van der Waals surface area (Å²) in [5, 5.41) is 20.4. The van der Waals surface area contributed by atoms with Crippen LogP contribution < -0.4 is 5.32 Å². The summed E-state index contributed by atoms with van der Waals surface area (Å²) in [6.07, 6.45) is -0.571. The van der Waals surface area contributed by atoms with Crippen LogP contribution in [0.5, 0.6) is 5.75 Å². The fourth-order valence-corrected chi connectivity index (χ4v) is 3.50. The second kappa shape index (κ2) is 7.71. The van der Waals surface area contributed by atoms with Gasteiger partial charge in [-0.2, -0.15) is 0 Å². The Bertz CT molecular complexity index is 1160. The highest BCUT2D eigenvalue weighted by Crippen LogP contribution is 2.36. The second-order valence-corrected chi connectivity index (χ2v) is 8.47. The van der Waals surface area contributed by atoms with Crippen LogP contribution in [0.2, 0.25) is 0 Å². The van der Waals surface area contributed by atoms with Gasteiger partial charge in [0.05, 0.1) is 15.5 Å². The van der Waals surface area contributed by atoms with E-state index in [1.54, 1.807) is 0 Å². The second-order valence-electron chi connectivity index (χ2n) is 5.72. The van der Waals surface area contributed by atoms with Gasteiger partial charge in [-0.15, -0.1) is 0 Å². The quantitative estimate of drug-likeness (QED) is 0.519. The first-order chi connectivity index (χ1) is 12.8. The van der Waals surface area contributed by atoms with E-state index in [-0.39, 0.29) is 35.7 Å². The number of hydrogen-bond donors (Lipinski definition) is 3. The Labute approximate surface area is 159 Å². The van der Waals surface area contributed by atoms with Crippen molar-refractivity contribution in [1.29, 1.82) is 0 Å². The Morgan fingerprint density at radius 1 is 0.929 bits per heavy atom. The molecule has 13 heteroatoms. The fourth-order valence-electron chi connectivity index (χ4n) is 2.44. The van der Waals surface area contributed by atoms with Crippen LogP contribution in [0.4, 0.5) is 5.69 Å². The summed E-state index contributed by atoms with van der Waals surface area (Å²) >= 11 is 0. The van der Waals surface area contributed by atoms with Crippen molar-refractivity contribution in [2.75, 3.05) is 5.32 Å². The summed E-state index contributed by atoms with van der Waals surface area (Å²) in [6.45, 7) is 0. The number of carboxylic acids is 1. The van der Waals surface area contributed by atoms with Gasteiger partial charge >= 0.3 is 5.97 Å². The third kappa shape index (κ3) is 5.16. The molecular formula is C15H13NO10S2-2. The number of phenolic OH excluding ortho intramolecular Hbond substituents is 1. The zero-order chi connectivity index (χ0) is 21.3. The van der Waals surface area contributed by atoms with Crippen LogP contribution in [0, 0.1) is 0 Å². The number of phenols is 1. The third-order valence-electron chi connectivity index (χ3n) is 3.62. The number of amides is 1. The Morgan fingerprint density at radius 3 is 1.96 bits per heavy atom. The molecule has 0 aliphatic rings. The zero-order valence-electron chi connectivity index (χ0n) is 13.9. The standard InChI is InChI=1S/C15H15NO10S2/c17-12-7-10(28(24,25)26)5-8-4-9(27(21,22)23)6-11(15(8)12)16-13(18)2-1-3-14(19)20/h4-7,17H,1-3H2,(H,16,18)(H,19,20)(H,21,22,23)(H,24,25,26)/p-2. The highest BCUT2D eigenvalue weighted by molar-refractivity contribution is 7.86. The van der Waals surface area contributed by atoms with E-state index >= 15 is 0 Å². The average molecular weight is 431 g/mol. The number of carboxylic acid groups (broad SMARTS) is 1. The lowest BCUT2D eigenvalue weighted by atomic mass is 10.1. The molecule has 0 saturated carbocycles. The molecule has 0 atom stereocenters. The summed E-state index contributed by atoms with van der Waals surface area (Å²) in [5.41, 5.74) is -0.320. The lowest BCUT2D eigenvalue weighted by Crippen LogP contribution is -2.13. The Balaban J connectivity index is 2.60. The molecule has 0 aliphatic carbocycles. The molecule has 28 heavy (non-hydrogen) atoms. The van der Waals surface area contributed by atoms with E-state index in [9.17, 15) is 40.6 Å². The number of fused-ring (bicyclic) bond motifs is 1. The maximum absolute atomic E-state index is 12.0. The third-order valence-corrected chi connectivity index (χ3v) is 5.25. The average Bonchev–Trinajstić information content (AvgIpc) is 2.51. The molecule has 0 aromatic heterocycles. The minimum absolute atomic E-state index is 0.0246. The lowest BCUT2D eigenvalue weighted by Gasteiger charge is -2.16. The van der Waals surface area contributed by atoms with Crippen molar-refractivity contribution in [2.45, 2.75) is 29.1 Å². The van der Waals surface area contributed by atoms with Gasteiger partial charge in [-0.25, -0.2) is 16.8 Å². The number of benzene rings is 2. The number of nitrogens with one attached hydrogen (secondary N) is 1. The van der Waals surface area contributed by atoms with Gasteiger partial charge in [0.25, 0.3) is 0 Å². The maximum atomic E-state index is 12.0. The molecule has 0 unspecified atom stereocenters. The first-order valence-electron chi connectivity index (χ1n) is 7.53. The molecule has 11 nitrogen and oxygen atoms in total. The number of carbonyl (C=O) groups excluding carboxylic acids is 1. The number of hydrogen-bond acceptors (Lipinski definition) is 9. The van der Waals surface area contributed by atoms with Crippen molar-refractivity contribution in [3.63, 3.8) is 0 Å². The SMILES string of the molecule is O=C(O)CCCC(=O)Nc1cc(S(=O)(=O)[O-])cc2cc(S(=O)(=O)[O-])cc(O)c12. The van der Waals surface area contributed by atoms with Gasteiger partial charge in [0.1, 0.15) is 26.0 Å². The number of anilines is 1. The van der Waals surface area contributed by atoms with Gasteiger partial charge in [-0.1, -0.05) is 0 Å². The van der Waals surface area contributed by atoms with Gasteiger partial charge in [-0.3, -0.25) is 9.59 Å². The van der Waals surface area contributed by atoms with Crippen LogP contribution in [0.3, 0.4) is 0 Å². The highest BCUT2D eigenvalue weighted by Gasteiger charge is 2.16. The molecule has 0 saturated heterocycles. The molecule has 3 N–H and O–H groups in total. The molecule has 0 radical (unpaired) electrons. The topological polar surface area (TPSA) is 201 Å². The largest absolute Gasteiger partial charge is 0.744 e. The van der Waals surface area contributed by atoms with E-state index in [1.807, 2.05) is 0 Å². The smallest absolute Gasteiger partial charge is 0.303 e. The van der Waals surface area contributed by atoms with Crippen LogP contribution in [0.1, 0.15) is 19.3 Å². The van der Waals surface area contributed by atoms with Gasteiger partial charge in [0, 0.05) is 18.2 Å². The number of carbonyl (C=O) groups is 2. The normalized spacial score (nSPS) is 12.1. The van der Waals surface area contributed by atoms with Crippen molar-refractivity contribution in [3.8, 4) is 5.75 Å². The highest BCUT2D eigenvalue weighted by atomic mass is 32.2. The minimum atomic E-state index is -5.03. The van der Waals surface area contributed by atoms with Crippen LogP contribution >= 0.6 is 0 Å². The van der Waals surface area contributed by atoms with E-state index in [0.29, 0.717) is 6.07 Å². The molecule has 152 valence electrons. The first-order valence-corrected chi connectivity index (χ1v) is 10.3. The zero-order valence-corrected chi connectivity index (χ0v) is 15.5. The van der Waals surface area contributed by atoms with Crippen LogP contribution in [0.15, 0.2) is 34.1 Å². The Kier molecular flexibility index (Phi) is 5.94. The predicted octanol–water partition coefficient (Wildman–Crippen LogP) is 0.547. The molecule has 0 fully saturated rings. The maximum Gasteiger partial charge on any atom is 0.303 e. The predicted molar refractivity (Wildman–Crippen MR) is 91.7 cm³/mol. The Morgan fingerprint density at radius 2 is 1.46 bits per heavy atom. The molecule has 0 aliphatic heterocycles. The van der Waals surface area contributed by atoms with Gasteiger partial charge in [0.2, 0.25) is 5.91 Å². The van der Waals surface area contributed by atoms with E-state index in [4.69, 9.17) is 5.11 Å². The van der Waals surface area contributed by atoms with E-state index in [2.05, 4.69) is 5.32 Å². The van der Waals surface area contributed by atoms with Gasteiger partial charge in [0.15, 0.2) is 0 Å². The fraction of sp³-hybridized carbons (Fsp3) is 0.200. The van der Waals surface area contributed by atoms with E-state index in [0.717, 1.165) is 18.2 Å². The molecule has 0 spiro atoms. The number of aromatic hydroxyl groups is 1. The van der Waals surface area contributed by atoms with Crippen molar-refractivity contribution >= 4 is 48.6 Å². The van der Waals surface area contributed by atoms with Crippen LogP contribution in [-0.4, -0.2) is 48.0 Å². The van der Waals surface area contributed by atoms with Crippen molar-refractivity contribution in [2.24, 2.45) is 0 Å². The molecule has 2 rings (SSSR count). The summed E-state index contributed by atoms with van der Waals surface area (Å²) in [4.78, 5) is 20.8. The van der Waals surface area contributed by atoms with Crippen molar-refractivity contribution < 1.29 is 45.7 Å². The van der Waals surface area contributed by atoms with E-state index in [1.165, 1.54) is 0 Å². The van der Waals surface area contributed by atoms with Crippen LogP contribution in [0.25, 0.3) is 10.8 Å². The van der Waals surface area contributed by atoms with Crippen molar-refractivity contribution in [1.82, 2.24) is 0 Å². The lowest BCUT2D eigenvalue weighted by molar-refractivity contribution is -0.137. The molecule has 2 aromatic rings. The van der Waals surface area contributed by atoms with Gasteiger partial charge in [-0.05, 0) is 36.1 Å². The molecular weight excluding hydrogens is 418 g/mol. The number of rotatable bonds is 7. The molecule has 0 bridgehead atoms. The van der Waals surface area contributed by atoms with Gasteiger partial charge < -0.3 is 24.6 Å². The van der Waals surface area contributed by atoms with Crippen molar-refractivity contribution in [3.05, 3.63) is 24.3 Å². The minimum Gasteiger partial charge on any atom is -0.744 e. The van der Waals surface area contributed by atoms with Crippen LogP contribution in [-0.2, 0) is 29.8 Å². The summed E-state index contributed by atoms with van der Waals surface area (Å²) in [7, 11) is -10.0. The summed E-state index contributed by atoms with van der Waals surface area (Å²) in [6, 6.07) is 2.90.